The van der Waals surface area contributed by atoms with Crippen LogP contribution in [0.25, 0.3) is 17.0 Å². The van der Waals surface area contributed by atoms with Gasteiger partial charge < -0.3 is 9.72 Å². The molecule has 124 valence electrons. The van der Waals surface area contributed by atoms with Crippen LogP contribution in [0.15, 0.2) is 59.5 Å². The van der Waals surface area contributed by atoms with Gasteiger partial charge >= 0.3 is 0 Å². The molecule has 3 aromatic rings. The predicted molar refractivity (Wildman–Crippen MR) is 98.2 cm³/mol. The van der Waals surface area contributed by atoms with E-state index in [1.54, 1.807) is 6.08 Å². The van der Waals surface area contributed by atoms with Crippen LogP contribution in [0.3, 0.4) is 0 Å². The van der Waals surface area contributed by atoms with Gasteiger partial charge in [-0.25, -0.2) is 0 Å². The highest BCUT2D eigenvalue weighted by molar-refractivity contribution is 8.18. The van der Waals surface area contributed by atoms with Gasteiger partial charge in [-0.2, -0.15) is 0 Å². The summed E-state index contributed by atoms with van der Waals surface area (Å²) < 4.78 is 5.83. The van der Waals surface area contributed by atoms with Gasteiger partial charge in [0.05, 0.1) is 4.91 Å². The Balaban J connectivity index is 1.54. The Morgan fingerprint density at radius 3 is 2.64 bits per heavy atom. The standard InChI is InChI=1S/C19H14N2O3S/c22-18-17(25-19(23)21-18)10-14-8-13-9-15(6-7-16(13)20-14)24-11-12-4-2-1-3-5-12/h1-10,20H,11H2,(H,21,22,23)/b17-10+. The van der Waals surface area contributed by atoms with Crippen LogP contribution in [0.2, 0.25) is 0 Å². The Hall–Kier alpha value is -2.99. The molecule has 1 aliphatic heterocycles. The largest absolute Gasteiger partial charge is 0.489 e. The number of thioether (sulfide) groups is 1. The third kappa shape index (κ3) is 3.44. The summed E-state index contributed by atoms with van der Waals surface area (Å²) in [6.45, 7) is 0.507. The molecule has 2 amide bonds. The van der Waals surface area contributed by atoms with Crippen LogP contribution in [-0.2, 0) is 11.4 Å². The van der Waals surface area contributed by atoms with E-state index >= 15 is 0 Å². The first-order valence-corrected chi connectivity index (χ1v) is 8.53. The second kappa shape index (κ2) is 6.49. The van der Waals surface area contributed by atoms with E-state index in [0.717, 1.165) is 39.7 Å². The third-order valence-electron chi connectivity index (χ3n) is 3.79. The van der Waals surface area contributed by atoms with Crippen LogP contribution in [0.5, 0.6) is 5.75 Å². The number of ether oxygens (including phenoxy) is 1. The van der Waals surface area contributed by atoms with Crippen molar-refractivity contribution < 1.29 is 14.3 Å². The minimum absolute atomic E-state index is 0.344. The molecular formula is C19H14N2O3S. The van der Waals surface area contributed by atoms with E-state index in [1.165, 1.54) is 0 Å². The number of amides is 2. The average molecular weight is 350 g/mol. The molecule has 0 spiro atoms. The van der Waals surface area contributed by atoms with Crippen LogP contribution in [0.4, 0.5) is 4.79 Å². The molecule has 4 rings (SSSR count). The molecular weight excluding hydrogens is 336 g/mol. The summed E-state index contributed by atoms with van der Waals surface area (Å²) in [5, 5.41) is 2.88. The highest BCUT2D eigenvalue weighted by Crippen LogP contribution is 2.28. The van der Waals surface area contributed by atoms with Crippen LogP contribution < -0.4 is 10.1 Å². The van der Waals surface area contributed by atoms with Crippen molar-refractivity contribution in [2.75, 3.05) is 0 Å². The first-order valence-electron chi connectivity index (χ1n) is 7.72. The number of carbonyl (C=O) groups is 2. The zero-order chi connectivity index (χ0) is 17.2. The molecule has 1 saturated heterocycles. The van der Waals surface area contributed by atoms with Crippen molar-refractivity contribution in [3.8, 4) is 5.75 Å². The quantitative estimate of drug-likeness (QED) is 0.696. The maximum absolute atomic E-state index is 11.6. The molecule has 1 aliphatic rings. The number of hydrogen-bond donors (Lipinski definition) is 2. The molecule has 25 heavy (non-hydrogen) atoms. The van der Waals surface area contributed by atoms with E-state index in [2.05, 4.69) is 10.3 Å². The van der Waals surface area contributed by atoms with E-state index in [1.807, 2.05) is 54.6 Å². The van der Waals surface area contributed by atoms with Crippen molar-refractivity contribution in [2.45, 2.75) is 6.61 Å². The highest BCUT2D eigenvalue weighted by Gasteiger charge is 2.25. The minimum Gasteiger partial charge on any atom is -0.489 e. The van der Waals surface area contributed by atoms with Gasteiger partial charge in [-0.05, 0) is 47.7 Å². The summed E-state index contributed by atoms with van der Waals surface area (Å²) in [4.78, 5) is 26.5. The number of imide groups is 1. The molecule has 1 fully saturated rings. The summed E-state index contributed by atoms with van der Waals surface area (Å²) in [6.07, 6.45) is 1.68. The van der Waals surface area contributed by atoms with E-state index < -0.39 is 0 Å². The molecule has 0 atom stereocenters. The Kier molecular flexibility index (Phi) is 4.03. The van der Waals surface area contributed by atoms with Crippen molar-refractivity contribution in [2.24, 2.45) is 0 Å². The zero-order valence-electron chi connectivity index (χ0n) is 13.1. The molecule has 0 unspecified atom stereocenters. The third-order valence-corrected chi connectivity index (χ3v) is 4.60. The lowest BCUT2D eigenvalue weighted by molar-refractivity contribution is -0.115. The number of H-pyrrole nitrogens is 1. The molecule has 5 nitrogen and oxygen atoms in total. The lowest BCUT2D eigenvalue weighted by atomic mass is 10.2. The monoisotopic (exact) mass is 350 g/mol. The fraction of sp³-hybridized carbons (Fsp3) is 0.0526. The minimum atomic E-state index is -0.361. The summed E-state index contributed by atoms with van der Waals surface area (Å²) >= 11 is 0.904. The maximum atomic E-state index is 11.6. The summed E-state index contributed by atoms with van der Waals surface area (Å²) in [5.74, 6) is 0.415. The lowest BCUT2D eigenvalue weighted by Gasteiger charge is -2.06. The fourth-order valence-electron chi connectivity index (χ4n) is 2.60. The lowest BCUT2D eigenvalue weighted by Crippen LogP contribution is -2.17. The van der Waals surface area contributed by atoms with Gasteiger partial charge in [-0.15, -0.1) is 0 Å². The van der Waals surface area contributed by atoms with Gasteiger partial charge in [0.2, 0.25) is 0 Å². The number of nitrogens with one attached hydrogen (secondary N) is 2. The SMILES string of the molecule is O=C1NC(=O)/C(=C\c2cc3cc(OCc4ccccc4)ccc3[nH]2)S1. The molecule has 2 heterocycles. The molecule has 0 saturated carbocycles. The number of fused-ring (bicyclic) bond motifs is 1. The number of aromatic nitrogens is 1. The Morgan fingerprint density at radius 1 is 1.04 bits per heavy atom. The molecule has 2 aromatic carbocycles. The number of rotatable bonds is 4. The average Bonchev–Trinajstić information content (AvgIpc) is 3.15. The van der Waals surface area contributed by atoms with Gasteiger partial charge in [0, 0.05) is 16.6 Å². The van der Waals surface area contributed by atoms with Gasteiger partial charge in [0.25, 0.3) is 11.1 Å². The molecule has 0 aliphatic carbocycles. The van der Waals surface area contributed by atoms with Gasteiger partial charge in [0.15, 0.2) is 0 Å². The smallest absolute Gasteiger partial charge is 0.290 e. The van der Waals surface area contributed by atoms with Crippen molar-refractivity contribution in [1.82, 2.24) is 10.3 Å². The zero-order valence-corrected chi connectivity index (χ0v) is 13.9. The summed E-state index contributed by atoms with van der Waals surface area (Å²) in [5.41, 5.74) is 2.81. The van der Waals surface area contributed by atoms with Crippen molar-refractivity contribution in [1.29, 1.82) is 0 Å². The van der Waals surface area contributed by atoms with E-state index in [-0.39, 0.29) is 11.1 Å². The summed E-state index contributed by atoms with van der Waals surface area (Å²) in [6, 6.07) is 17.7. The molecule has 0 radical (unpaired) electrons. The van der Waals surface area contributed by atoms with Crippen LogP contribution in [0, 0.1) is 0 Å². The van der Waals surface area contributed by atoms with Crippen LogP contribution in [0.1, 0.15) is 11.3 Å². The Labute approximate surface area is 148 Å². The molecule has 2 N–H and O–H groups in total. The summed E-state index contributed by atoms with van der Waals surface area (Å²) in [7, 11) is 0. The van der Waals surface area contributed by atoms with Crippen LogP contribution in [-0.4, -0.2) is 16.1 Å². The number of hydrogen-bond acceptors (Lipinski definition) is 4. The van der Waals surface area contributed by atoms with E-state index in [9.17, 15) is 9.59 Å². The number of aromatic amines is 1. The molecule has 0 bridgehead atoms. The number of carbonyl (C=O) groups excluding carboxylic acids is 2. The highest BCUT2D eigenvalue weighted by atomic mass is 32.2. The van der Waals surface area contributed by atoms with Gasteiger partial charge in [0.1, 0.15) is 12.4 Å². The van der Waals surface area contributed by atoms with Crippen molar-refractivity contribution in [3.05, 3.63) is 70.8 Å². The van der Waals surface area contributed by atoms with Gasteiger partial charge in [-0.3, -0.25) is 14.9 Å². The second-order valence-electron chi connectivity index (χ2n) is 5.60. The van der Waals surface area contributed by atoms with Crippen molar-refractivity contribution in [3.63, 3.8) is 0 Å². The van der Waals surface area contributed by atoms with E-state index in [4.69, 9.17) is 4.74 Å². The molecule has 6 heteroatoms. The predicted octanol–water partition coefficient (Wildman–Crippen LogP) is 4.07. The maximum Gasteiger partial charge on any atom is 0.290 e. The van der Waals surface area contributed by atoms with Gasteiger partial charge in [-0.1, -0.05) is 30.3 Å². The Bertz CT molecular complexity index is 992. The topological polar surface area (TPSA) is 71.2 Å². The molecule has 1 aromatic heterocycles. The van der Waals surface area contributed by atoms with Crippen LogP contribution >= 0.6 is 11.8 Å². The van der Waals surface area contributed by atoms with E-state index in [0.29, 0.717) is 11.5 Å². The first kappa shape index (κ1) is 15.5. The Morgan fingerprint density at radius 2 is 1.88 bits per heavy atom. The number of benzene rings is 2. The normalized spacial score (nSPS) is 15.8. The fourth-order valence-corrected chi connectivity index (χ4v) is 3.28. The first-order chi connectivity index (χ1) is 12.2. The second-order valence-corrected chi connectivity index (χ2v) is 6.61. The van der Waals surface area contributed by atoms with Crippen molar-refractivity contribution >= 4 is 39.9 Å².